The summed E-state index contributed by atoms with van der Waals surface area (Å²) in [4.78, 5) is 2.54. The van der Waals surface area contributed by atoms with E-state index in [0.29, 0.717) is 0 Å². The Morgan fingerprint density at radius 1 is 0.857 bits per heavy atom. The summed E-state index contributed by atoms with van der Waals surface area (Å²) < 4.78 is 0. The van der Waals surface area contributed by atoms with Crippen LogP contribution in [0, 0.1) is 0 Å². The van der Waals surface area contributed by atoms with Crippen molar-refractivity contribution >= 4 is 5.69 Å². The molecule has 0 aromatic heterocycles. The third kappa shape index (κ3) is 5.05. The highest BCUT2D eigenvalue weighted by atomic mass is 15.2. The minimum Gasteiger partial charge on any atom is -0.366 e. The maximum atomic E-state index is 2.54. The van der Waals surface area contributed by atoms with Crippen LogP contribution in [-0.2, 0) is 11.8 Å². The molecule has 1 aromatic rings. The molecule has 1 nitrogen and oxygen atoms in total. The fourth-order valence-corrected chi connectivity index (χ4v) is 2.54. The summed E-state index contributed by atoms with van der Waals surface area (Å²) in [6.07, 6.45) is 1.19. The number of nitrogens with zero attached hydrogens (tertiary/aromatic N) is 1. The summed E-state index contributed by atoms with van der Waals surface area (Å²) in [5, 5.41) is 0. The van der Waals surface area contributed by atoms with Gasteiger partial charge in [0, 0.05) is 17.8 Å². The van der Waals surface area contributed by atoms with Crippen molar-refractivity contribution < 1.29 is 0 Å². The molecule has 0 atom stereocenters. The lowest BCUT2D eigenvalue weighted by Crippen LogP contribution is -2.40. The van der Waals surface area contributed by atoms with Crippen LogP contribution in [0.3, 0.4) is 0 Å². The molecule has 0 N–H and O–H groups in total. The SMILES string of the molecule is CC.CC.CC(C)(C)c1ccc2c(c1)N(C(C)(C)C)CC2. The Balaban J connectivity index is 0.000000921. The second-order valence-corrected chi connectivity index (χ2v) is 7.17. The molecule has 0 amide bonds. The van der Waals surface area contributed by atoms with E-state index < -0.39 is 0 Å². The van der Waals surface area contributed by atoms with Crippen molar-refractivity contribution in [3.05, 3.63) is 29.3 Å². The molecule has 0 spiro atoms. The lowest BCUT2D eigenvalue weighted by molar-refractivity contribution is 0.517. The molecule has 0 aliphatic carbocycles. The summed E-state index contributed by atoms with van der Waals surface area (Å²) in [6, 6.07) is 7.01. The van der Waals surface area contributed by atoms with Gasteiger partial charge in [0.1, 0.15) is 0 Å². The van der Waals surface area contributed by atoms with E-state index in [1.807, 2.05) is 27.7 Å². The van der Waals surface area contributed by atoms with Crippen molar-refractivity contribution in [3.8, 4) is 0 Å². The van der Waals surface area contributed by atoms with Crippen LogP contribution >= 0.6 is 0 Å². The molecule has 0 radical (unpaired) electrons. The Labute approximate surface area is 133 Å². The van der Waals surface area contributed by atoms with Gasteiger partial charge in [-0.05, 0) is 49.8 Å². The minimum absolute atomic E-state index is 0.224. The molecule has 1 aliphatic rings. The van der Waals surface area contributed by atoms with Crippen LogP contribution in [0.15, 0.2) is 18.2 Å². The molecule has 2 rings (SSSR count). The number of fused-ring (bicyclic) bond motifs is 1. The van der Waals surface area contributed by atoms with Crippen LogP contribution in [0.25, 0.3) is 0 Å². The molecule has 21 heavy (non-hydrogen) atoms. The second kappa shape index (κ2) is 7.87. The Hall–Kier alpha value is -0.980. The van der Waals surface area contributed by atoms with Gasteiger partial charge in [0.15, 0.2) is 0 Å². The van der Waals surface area contributed by atoms with Gasteiger partial charge in [-0.25, -0.2) is 0 Å². The largest absolute Gasteiger partial charge is 0.366 e. The molecule has 1 heterocycles. The predicted molar refractivity (Wildman–Crippen MR) is 98.6 cm³/mol. The second-order valence-electron chi connectivity index (χ2n) is 7.17. The average molecular weight is 292 g/mol. The molecule has 0 unspecified atom stereocenters. The molecule has 0 fully saturated rings. The van der Waals surface area contributed by atoms with Crippen molar-refractivity contribution in [2.45, 2.75) is 86.6 Å². The van der Waals surface area contributed by atoms with Crippen LogP contribution in [0.1, 0.15) is 80.4 Å². The van der Waals surface area contributed by atoms with Crippen LogP contribution in [-0.4, -0.2) is 12.1 Å². The first-order valence-electron chi connectivity index (χ1n) is 8.61. The van der Waals surface area contributed by atoms with Crippen LogP contribution in [0.5, 0.6) is 0 Å². The first-order chi connectivity index (χ1) is 9.69. The highest BCUT2D eigenvalue weighted by molar-refractivity contribution is 5.61. The standard InChI is InChI=1S/C16H25N.2C2H6/c1-15(2,3)13-8-7-12-9-10-17(14(12)11-13)16(4,5)6;2*1-2/h7-8,11H,9-10H2,1-6H3;2*1-2H3. The molecule has 122 valence electrons. The van der Waals surface area contributed by atoms with Gasteiger partial charge in [0.2, 0.25) is 0 Å². The number of benzene rings is 1. The zero-order valence-corrected chi connectivity index (χ0v) is 16.1. The smallest absolute Gasteiger partial charge is 0.0406 e. The number of rotatable bonds is 0. The zero-order valence-electron chi connectivity index (χ0n) is 16.1. The Morgan fingerprint density at radius 3 is 1.81 bits per heavy atom. The van der Waals surface area contributed by atoms with E-state index in [1.165, 1.54) is 23.2 Å². The maximum Gasteiger partial charge on any atom is 0.0406 e. The molecule has 0 saturated carbocycles. The number of anilines is 1. The zero-order chi connectivity index (χ0) is 16.8. The molecule has 0 bridgehead atoms. The summed E-state index contributed by atoms with van der Waals surface area (Å²) in [7, 11) is 0. The van der Waals surface area contributed by atoms with Crippen molar-refractivity contribution in [2.75, 3.05) is 11.4 Å². The maximum absolute atomic E-state index is 2.54. The minimum atomic E-state index is 0.224. The van der Waals surface area contributed by atoms with Gasteiger partial charge < -0.3 is 4.90 Å². The Kier molecular flexibility index (Phi) is 7.50. The third-order valence-corrected chi connectivity index (χ3v) is 3.66. The van der Waals surface area contributed by atoms with Gasteiger partial charge in [0.25, 0.3) is 0 Å². The lowest BCUT2D eigenvalue weighted by atomic mass is 9.86. The lowest BCUT2D eigenvalue weighted by Gasteiger charge is -2.35. The summed E-state index contributed by atoms with van der Waals surface area (Å²) in [6.45, 7) is 22.9. The van der Waals surface area contributed by atoms with E-state index in [-0.39, 0.29) is 11.0 Å². The van der Waals surface area contributed by atoms with Gasteiger partial charge in [-0.15, -0.1) is 0 Å². The number of hydrogen-bond acceptors (Lipinski definition) is 1. The van der Waals surface area contributed by atoms with Crippen LogP contribution < -0.4 is 4.90 Å². The summed E-state index contributed by atoms with van der Waals surface area (Å²) >= 11 is 0. The van der Waals surface area contributed by atoms with E-state index in [0.717, 1.165) is 6.54 Å². The van der Waals surface area contributed by atoms with Crippen molar-refractivity contribution in [2.24, 2.45) is 0 Å². The van der Waals surface area contributed by atoms with Crippen molar-refractivity contribution in [1.29, 1.82) is 0 Å². The van der Waals surface area contributed by atoms with Crippen LogP contribution in [0.4, 0.5) is 5.69 Å². The van der Waals surface area contributed by atoms with Gasteiger partial charge in [0.05, 0.1) is 0 Å². The normalized spacial score (nSPS) is 13.7. The molecular weight excluding hydrogens is 254 g/mol. The number of hydrogen-bond donors (Lipinski definition) is 0. The van der Waals surface area contributed by atoms with Gasteiger partial charge in [-0.1, -0.05) is 60.6 Å². The van der Waals surface area contributed by atoms with E-state index >= 15 is 0 Å². The fourth-order valence-electron chi connectivity index (χ4n) is 2.54. The average Bonchev–Trinajstić information content (AvgIpc) is 2.85. The molecular formula is C20H37N. The highest BCUT2D eigenvalue weighted by Gasteiger charge is 2.29. The monoisotopic (exact) mass is 291 g/mol. The van der Waals surface area contributed by atoms with Crippen LogP contribution in [0.2, 0.25) is 0 Å². The third-order valence-electron chi connectivity index (χ3n) is 3.66. The van der Waals surface area contributed by atoms with E-state index in [2.05, 4.69) is 64.6 Å². The van der Waals surface area contributed by atoms with Crippen molar-refractivity contribution in [3.63, 3.8) is 0 Å². The van der Waals surface area contributed by atoms with Crippen molar-refractivity contribution in [1.82, 2.24) is 0 Å². The molecule has 1 heteroatoms. The van der Waals surface area contributed by atoms with E-state index in [4.69, 9.17) is 0 Å². The van der Waals surface area contributed by atoms with Gasteiger partial charge in [-0.2, -0.15) is 0 Å². The topological polar surface area (TPSA) is 3.24 Å². The fraction of sp³-hybridized carbons (Fsp3) is 0.700. The Morgan fingerprint density at radius 2 is 1.38 bits per heavy atom. The highest BCUT2D eigenvalue weighted by Crippen LogP contribution is 2.36. The van der Waals surface area contributed by atoms with Gasteiger partial charge in [-0.3, -0.25) is 0 Å². The first kappa shape index (κ1) is 20.0. The first-order valence-corrected chi connectivity index (χ1v) is 8.61. The predicted octanol–water partition coefficient (Wildman–Crippen LogP) is 6.20. The van der Waals surface area contributed by atoms with E-state index in [9.17, 15) is 0 Å². The molecule has 1 aliphatic heterocycles. The van der Waals surface area contributed by atoms with E-state index in [1.54, 1.807) is 0 Å². The summed E-state index contributed by atoms with van der Waals surface area (Å²) in [5.74, 6) is 0. The van der Waals surface area contributed by atoms with Gasteiger partial charge >= 0.3 is 0 Å². The Bertz CT molecular complexity index is 418. The molecule has 0 saturated heterocycles. The quantitative estimate of drug-likeness (QED) is 0.550. The molecule has 1 aromatic carbocycles. The summed E-state index contributed by atoms with van der Waals surface area (Å²) in [5.41, 5.74) is 4.85.